The molecule has 0 spiro atoms. The number of aromatic nitrogens is 3. The standard InChI is InChI=1S/C18H25N5O/c1-13(2)17(15-5-4-6-19-12-15)21-16-11-14(3)20-18(22-16)23-7-9-24-10-8-23/h4-6,11-13,17H,7-10H2,1-3H3,(H,20,21,22). The number of aryl methyl sites for hydroxylation is 1. The van der Waals surface area contributed by atoms with Crippen molar-refractivity contribution in [2.24, 2.45) is 5.92 Å². The first-order chi connectivity index (χ1) is 11.6. The van der Waals surface area contributed by atoms with E-state index >= 15 is 0 Å². The predicted octanol–water partition coefficient (Wildman–Crippen LogP) is 2.83. The average molecular weight is 327 g/mol. The number of rotatable bonds is 5. The molecule has 3 rings (SSSR count). The fourth-order valence-electron chi connectivity index (χ4n) is 2.89. The summed E-state index contributed by atoms with van der Waals surface area (Å²) in [5.74, 6) is 2.04. The van der Waals surface area contributed by atoms with Gasteiger partial charge >= 0.3 is 0 Å². The largest absolute Gasteiger partial charge is 0.378 e. The van der Waals surface area contributed by atoms with E-state index < -0.39 is 0 Å². The third-order valence-corrected chi connectivity index (χ3v) is 4.15. The first-order valence-corrected chi connectivity index (χ1v) is 8.48. The van der Waals surface area contributed by atoms with E-state index in [1.807, 2.05) is 25.3 Å². The van der Waals surface area contributed by atoms with Crippen molar-refractivity contribution in [1.82, 2.24) is 15.0 Å². The molecule has 1 aliphatic heterocycles. The monoisotopic (exact) mass is 327 g/mol. The molecule has 24 heavy (non-hydrogen) atoms. The van der Waals surface area contributed by atoms with Gasteiger partial charge in [0.2, 0.25) is 5.95 Å². The van der Waals surface area contributed by atoms with Crippen molar-refractivity contribution in [2.75, 3.05) is 36.5 Å². The molecule has 1 N–H and O–H groups in total. The summed E-state index contributed by atoms with van der Waals surface area (Å²) >= 11 is 0. The normalized spacial score (nSPS) is 16.2. The number of pyridine rings is 1. The van der Waals surface area contributed by atoms with Gasteiger partial charge in [-0.05, 0) is 24.5 Å². The average Bonchev–Trinajstić information content (AvgIpc) is 2.60. The van der Waals surface area contributed by atoms with E-state index in [-0.39, 0.29) is 6.04 Å². The van der Waals surface area contributed by atoms with E-state index in [1.54, 1.807) is 6.20 Å². The maximum absolute atomic E-state index is 5.42. The Bertz CT molecular complexity index is 656. The molecule has 6 nitrogen and oxygen atoms in total. The Morgan fingerprint density at radius 3 is 2.67 bits per heavy atom. The van der Waals surface area contributed by atoms with Crippen LogP contribution in [-0.4, -0.2) is 41.3 Å². The van der Waals surface area contributed by atoms with Crippen LogP contribution in [-0.2, 0) is 4.74 Å². The molecule has 0 amide bonds. The molecule has 0 aromatic carbocycles. The highest BCUT2D eigenvalue weighted by Crippen LogP contribution is 2.26. The van der Waals surface area contributed by atoms with Crippen LogP contribution in [0.5, 0.6) is 0 Å². The van der Waals surface area contributed by atoms with Gasteiger partial charge in [0.15, 0.2) is 0 Å². The molecule has 2 aromatic heterocycles. The van der Waals surface area contributed by atoms with Crippen molar-refractivity contribution < 1.29 is 4.74 Å². The highest BCUT2D eigenvalue weighted by molar-refractivity contribution is 5.45. The number of nitrogens with zero attached hydrogens (tertiary/aromatic N) is 4. The van der Waals surface area contributed by atoms with Crippen molar-refractivity contribution in [3.63, 3.8) is 0 Å². The summed E-state index contributed by atoms with van der Waals surface area (Å²) in [5.41, 5.74) is 2.12. The lowest BCUT2D eigenvalue weighted by atomic mass is 9.97. The maximum atomic E-state index is 5.42. The minimum Gasteiger partial charge on any atom is -0.378 e. The molecule has 6 heteroatoms. The first-order valence-electron chi connectivity index (χ1n) is 8.48. The Balaban J connectivity index is 1.84. The molecule has 0 aliphatic carbocycles. The lowest BCUT2D eigenvalue weighted by Crippen LogP contribution is -2.37. The Hall–Kier alpha value is -2.21. The molecule has 1 unspecified atom stereocenters. The second-order valence-corrected chi connectivity index (χ2v) is 6.45. The summed E-state index contributed by atoms with van der Waals surface area (Å²) in [6.45, 7) is 9.52. The van der Waals surface area contributed by atoms with Gasteiger partial charge in [0, 0.05) is 37.2 Å². The van der Waals surface area contributed by atoms with Crippen LogP contribution in [0.25, 0.3) is 0 Å². The fourth-order valence-corrected chi connectivity index (χ4v) is 2.89. The summed E-state index contributed by atoms with van der Waals surface area (Å²) < 4.78 is 5.42. The third-order valence-electron chi connectivity index (χ3n) is 4.15. The van der Waals surface area contributed by atoms with Crippen molar-refractivity contribution in [1.29, 1.82) is 0 Å². The summed E-state index contributed by atoms with van der Waals surface area (Å²) in [5, 5.41) is 3.57. The van der Waals surface area contributed by atoms with Gasteiger partial charge in [0.05, 0.1) is 19.3 Å². The Morgan fingerprint density at radius 2 is 2.00 bits per heavy atom. The number of morpholine rings is 1. The molecule has 0 saturated carbocycles. The predicted molar refractivity (Wildman–Crippen MR) is 95.2 cm³/mol. The van der Waals surface area contributed by atoms with Crippen molar-refractivity contribution in [2.45, 2.75) is 26.8 Å². The molecule has 128 valence electrons. The minimum atomic E-state index is 0.158. The first kappa shape index (κ1) is 16.6. The van der Waals surface area contributed by atoms with Crippen LogP contribution >= 0.6 is 0 Å². The van der Waals surface area contributed by atoms with Crippen LogP contribution in [0.2, 0.25) is 0 Å². The SMILES string of the molecule is Cc1cc(NC(c2cccnc2)C(C)C)nc(N2CCOCC2)n1. The van der Waals surface area contributed by atoms with Gasteiger partial charge in [-0.25, -0.2) is 4.98 Å². The van der Waals surface area contributed by atoms with Crippen LogP contribution < -0.4 is 10.2 Å². The van der Waals surface area contributed by atoms with Gasteiger partial charge in [-0.2, -0.15) is 4.98 Å². The summed E-state index contributed by atoms with van der Waals surface area (Å²) in [6, 6.07) is 6.22. The topological polar surface area (TPSA) is 63.2 Å². The number of nitrogens with one attached hydrogen (secondary N) is 1. The van der Waals surface area contributed by atoms with Gasteiger partial charge in [0.25, 0.3) is 0 Å². The molecule has 1 fully saturated rings. The van der Waals surface area contributed by atoms with Gasteiger partial charge in [-0.3, -0.25) is 4.98 Å². The minimum absolute atomic E-state index is 0.158. The third kappa shape index (κ3) is 4.00. The summed E-state index contributed by atoms with van der Waals surface area (Å²) in [7, 11) is 0. The maximum Gasteiger partial charge on any atom is 0.227 e. The van der Waals surface area contributed by atoms with E-state index in [0.29, 0.717) is 5.92 Å². The second-order valence-electron chi connectivity index (χ2n) is 6.45. The molecule has 0 bridgehead atoms. The number of anilines is 2. The van der Waals surface area contributed by atoms with Crippen LogP contribution in [0.15, 0.2) is 30.6 Å². The molecule has 2 aromatic rings. The smallest absolute Gasteiger partial charge is 0.227 e. The van der Waals surface area contributed by atoms with Crippen molar-refractivity contribution in [3.05, 3.63) is 41.9 Å². The van der Waals surface area contributed by atoms with E-state index in [4.69, 9.17) is 9.72 Å². The zero-order valence-electron chi connectivity index (χ0n) is 14.6. The summed E-state index contributed by atoms with van der Waals surface area (Å²) in [6.07, 6.45) is 3.71. The number of ether oxygens (including phenoxy) is 1. The number of hydrogen-bond donors (Lipinski definition) is 1. The highest BCUT2D eigenvalue weighted by atomic mass is 16.5. The van der Waals surface area contributed by atoms with Gasteiger partial charge < -0.3 is 15.0 Å². The molecule has 1 saturated heterocycles. The lowest BCUT2D eigenvalue weighted by molar-refractivity contribution is 0.122. The van der Waals surface area contributed by atoms with Crippen LogP contribution in [0, 0.1) is 12.8 Å². The van der Waals surface area contributed by atoms with Crippen molar-refractivity contribution >= 4 is 11.8 Å². The van der Waals surface area contributed by atoms with Gasteiger partial charge in [0.1, 0.15) is 5.82 Å². The van der Waals surface area contributed by atoms with Gasteiger partial charge in [-0.1, -0.05) is 19.9 Å². The molecule has 1 atom stereocenters. The molecule has 0 radical (unpaired) electrons. The van der Waals surface area contributed by atoms with Gasteiger partial charge in [-0.15, -0.1) is 0 Å². The Labute approximate surface area is 143 Å². The second kappa shape index (κ2) is 7.57. The Morgan fingerprint density at radius 1 is 1.21 bits per heavy atom. The Kier molecular flexibility index (Phi) is 5.25. The molecular weight excluding hydrogens is 302 g/mol. The quantitative estimate of drug-likeness (QED) is 0.911. The van der Waals surface area contributed by atoms with E-state index in [2.05, 4.69) is 40.1 Å². The fraction of sp³-hybridized carbons (Fsp3) is 0.500. The van der Waals surface area contributed by atoms with E-state index in [9.17, 15) is 0 Å². The van der Waals surface area contributed by atoms with Crippen LogP contribution in [0.3, 0.4) is 0 Å². The molecule has 3 heterocycles. The zero-order chi connectivity index (χ0) is 16.9. The molecule has 1 aliphatic rings. The van der Waals surface area contributed by atoms with Crippen LogP contribution in [0.1, 0.15) is 31.1 Å². The zero-order valence-corrected chi connectivity index (χ0v) is 14.6. The van der Waals surface area contributed by atoms with E-state index in [0.717, 1.165) is 49.3 Å². The number of hydrogen-bond acceptors (Lipinski definition) is 6. The molecular formula is C18H25N5O. The van der Waals surface area contributed by atoms with Crippen molar-refractivity contribution in [3.8, 4) is 0 Å². The van der Waals surface area contributed by atoms with E-state index in [1.165, 1.54) is 0 Å². The highest BCUT2D eigenvalue weighted by Gasteiger charge is 2.19. The van der Waals surface area contributed by atoms with Crippen LogP contribution in [0.4, 0.5) is 11.8 Å². The lowest BCUT2D eigenvalue weighted by Gasteiger charge is -2.28. The summed E-state index contributed by atoms with van der Waals surface area (Å²) in [4.78, 5) is 15.7.